The first kappa shape index (κ1) is 29.7. The molecule has 0 fully saturated rings. The van der Waals surface area contributed by atoms with Gasteiger partial charge in [-0.1, -0.05) is 212 Å². The van der Waals surface area contributed by atoms with E-state index in [1.165, 1.54) is 22.7 Å². The predicted octanol–water partition coefficient (Wildman–Crippen LogP) is 19.7. The van der Waals surface area contributed by atoms with Crippen LogP contribution in [0.25, 0.3) is 145 Å². The number of para-hydroxylation sites is 1. The normalized spacial score (nSPS) is 14.6. The Morgan fingerprint density at radius 2 is 0.986 bits per heavy atom. The van der Waals surface area contributed by atoms with Crippen LogP contribution in [-0.2, 0) is 0 Å². The molecule has 342 valence electrons. The highest BCUT2D eigenvalue weighted by Gasteiger charge is 2.33. The van der Waals surface area contributed by atoms with E-state index in [1.54, 1.807) is 47.0 Å². The summed E-state index contributed by atoms with van der Waals surface area (Å²) in [5, 5.41) is 18.2. The minimum atomic E-state index is -0.774. The predicted molar refractivity (Wildman–Crippen MR) is 314 cm³/mol. The van der Waals surface area contributed by atoms with E-state index < -0.39 is 119 Å². The number of fused-ring (bicyclic) bond motifs is 14. The second-order valence-corrected chi connectivity index (χ2v) is 19.8. The van der Waals surface area contributed by atoms with Crippen LogP contribution < -0.4 is 0 Å². The molecule has 11 aromatic carbocycles. The Hall–Kier alpha value is -9.56. The van der Waals surface area contributed by atoms with Crippen molar-refractivity contribution in [1.82, 2.24) is 9.13 Å². The van der Waals surface area contributed by atoms with E-state index in [1.807, 2.05) is 102 Å². The molecule has 74 heavy (non-hydrogen) atoms. The fourth-order valence-electron chi connectivity index (χ4n) is 11.0. The highest BCUT2D eigenvalue weighted by atomic mass is 32.1. The van der Waals surface area contributed by atoms with Crippen LogP contribution in [0.3, 0.4) is 0 Å². The molecule has 0 saturated heterocycles. The summed E-state index contributed by atoms with van der Waals surface area (Å²) in [6.45, 7) is 9.66. The molecular formula is C68H38N4S2. The SMILES string of the molecule is [2H]c1c([2H])c([2H])c(-c2ccc3c4ccccc4n(-c4c(C#N)c(-c5c([2H])c([2H])c([2H])c([2H])c5[2H])c([N+]#[C-])c(-n5c6c(ccc7c8ccccc8sc76)c6ccc7c8cccc(-c9ccccc9)c8sc7c65)c4-c4c([2H])c([2H])c([2H])c([2H])c4[2H])c3c2)c([2H])c1[2H]. The lowest BCUT2D eigenvalue weighted by Crippen LogP contribution is -2.09. The zero-order chi connectivity index (χ0) is 62.1. The maximum Gasteiger partial charge on any atom is 0.220 e. The van der Waals surface area contributed by atoms with Crippen LogP contribution in [0.5, 0.6) is 0 Å². The van der Waals surface area contributed by atoms with E-state index in [0.29, 0.717) is 42.8 Å². The van der Waals surface area contributed by atoms with Crippen molar-refractivity contribution in [3.05, 3.63) is 247 Å². The van der Waals surface area contributed by atoms with Gasteiger partial charge in [-0.2, -0.15) is 5.26 Å². The molecule has 0 spiro atoms. The van der Waals surface area contributed by atoms with E-state index in [2.05, 4.69) is 10.9 Å². The Morgan fingerprint density at radius 1 is 0.432 bits per heavy atom. The van der Waals surface area contributed by atoms with Gasteiger partial charge >= 0.3 is 0 Å². The zero-order valence-electron chi connectivity index (χ0n) is 53.4. The van der Waals surface area contributed by atoms with Crippen LogP contribution in [0.15, 0.2) is 230 Å². The molecule has 0 bridgehead atoms. The molecule has 0 aliphatic heterocycles. The van der Waals surface area contributed by atoms with Crippen LogP contribution >= 0.6 is 22.7 Å². The molecule has 4 aromatic heterocycles. The lowest BCUT2D eigenvalue weighted by Gasteiger charge is -2.26. The van der Waals surface area contributed by atoms with Gasteiger partial charge < -0.3 is 9.13 Å². The monoisotopic (exact) mass is 989 g/mol. The number of thiophene rings is 2. The second-order valence-electron chi connectivity index (χ2n) is 17.7. The number of hydrogen-bond acceptors (Lipinski definition) is 3. The van der Waals surface area contributed by atoms with E-state index in [0.717, 1.165) is 46.8 Å². The van der Waals surface area contributed by atoms with Crippen LogP contribution in [-0.4, -0.2) is 9.13 Å². The van der Waals surface area contributed by atoms with E-state index in [-0.39, 0.29) is 33.6 Å². The number of nitriles is 1. The highest BCUT2D eigenvalue weighted by molar-refractivity contribution is 7.27. The summed E-state index contributed by atoms with van der Waals surface area (Å²) in [5.41, 5.74) is 0.497. The topological polar surface area (TPSA) is 38.0 Å². The summed E-state index contributed by atoms with van der Waals surface area (Å²) in [6, 6.07) is 35.8. The Kier molecular flexibility index (Phi) is 6.62. The Bertz CT molecular complexity index is 5760. The molecule has 0 atom stereocenters. The number of benzene rings is 11. The summed E-state index contributed by atoms with van der Waals surface area (Å²) in [5.74, 6) is 0. The maximum atomic E-state index is 12.4. The molecule has 6 heteroatoms. The quantitative estimate of drug-likeness (QED) is 0.153. The largest absolute Gasteiger partial charge is 0.316 e. The van der Waals surface area contributed by atoms with E-state index >= 15 is 0 Å². The van der Waals surface area contributed by atoms with Crippen molar-refractivity contribution >= 4 is 112 Å². The first-order valence-electron chi connectivity index (χ1n) is 30.9. The van der Waals surface area contributed by atoms with Gasteiger partial charge in [-0.25, -0.2) is 4.85 Å². The minimum absolute atomic E-state index is 0.141. The van der Waals surface area contributed by atoms with Gasteiger partial charge in [-0.15, -0.1) is 22.7 Å². The number of nitrogens with zero attached hydrogens (tertiary/aromatic N) is 4. The molecule has 15 aromatic rings. The number of rotatable bonds is 6. The summed E-state index contributed by atoms with van der Waals surface area (Å²) >= 11 is 2.97. The third kappa shape index (κ3) is 6.05. The van der Waals surface area contributed by atoms with Crippen LogP contribution in [0.1, 0.15) is 26.1 Å². The van der Waals surface area contributed by atoms with E-state index in [9.17, 15) is 20.1 Å². The van der Waals surface area contributed by atoms with E-state index in [4.69, 9.17) is 12.3 Å². The maximum absolute atomic E-state index is 12.4. The van der Waals surface area contributed by atoms with Gasteiger partial charge in [-0.05, 0) is 51.6 Å². The standard InChI is InChI=1S/C68H38N4S2/c1-70-61-59(43-23-10-4-11-24-43)55(40-69)62(71-56-31-16-14-27-47(56)48-34-33-45(39-57(48)71)41-19-6-2-7-20-41)60(44-25-12-5-13-26-44)65(61)72-63-50(35-37-53-49-28-15-17-32-58(49)73-67(53)63)51-36-38-54-52-30-18-29-46(42-21-8-3-9-22-42)66(52)74-68(54)64(51)72/h2-39H/i2D,4D,5D,6D,7D,10D,11D,12D,13D,19D,20D,23D,24D,25D,26D. The smallest absolute Gasteiger partial charge is 0.220 e. The molecular weight excluding hydrogens is 937 g/mol. The average molecular weight is 990 g/mol. The van der Waals surface area contributed by atoms with Crippen molar-refractivity contribution in [1.29, 1.82) is 5.26 Å². The first-order chi connectivity index (χ1) is 42.9. The number of hydrogen-bond donors (Lipinski definition) is 0. The third-order valence-corrected chi connectivity index (χ3v) is 16.5. The Balaban J connectivity index is 1.28. The van der Waals surface area contributed by atoms with Crippen molar-refractivity contribution in [3.8, 4) is 62.0 Å². The molecule has 4 nitrogen and oxygen atoms in total. The molecule has 0 aliphatic carbocycles. The van der Waals surface area contributed by atoms with Crippen molar-refractivity contribution in [3.63, 3.8) is 0 Å². The fraction of sp³-hybridized carbons (Fsp3) is 0. The van der Waals surface area contributed by atoms with Crippen LogP contribution in [0.2, 0.25) is 0 Å². The highest BCUT2D eigenvalue weighted by Crippen LogP contribution is 2.55. The lowest BCUT2D eigenvalue weighted by molar-refractivity contribution is 1.14. The summed E-state index contributed by atoms with van der Waals surface area (Å²) in [7, 11) is 0. The summed E-state index contributed by atoms with van der Waals surface area (Å²) < 4.78 is 145. The van der Waals surface area contributed by atoms with Gasteiger partial charge in [0.2, 0.25) is 5.69 Å². The van der Waals surface area contributed by atoms with Crippen molar-refractivity contribution in [2.24, 2.45) is 0 Å². The molecule has 0 aliphatic rings. The zero-order valence-corrected chi connectivity index (χ0v) is 40.0. The van der Waals surface area contributed by atoms with Crippen LogP contribution in [0, 0.1) is 17.9 Å². The molecule has 0 amide bonds. The third-order valence-electron chi connectivity index (χ3n) is 14.0. The molecule has 0 saturated carbocycles. The van der Waals surface area contributed by atoms with Crippen LogP contribution in [0.4, 0.5) is 5.69 Å². The Morgan fingerprint density at radius 3 is 1.69 bits per heavy atom. The van der Waals surface area contributed by atoms with Crippen molar-refractivity contribution in [2.45, 2.75) is 0 Å². The summed E-state index contributed by atoms with van der Waals surface area (Å²) in [6.07, 6.45) is 0. The second kappa shape index (κ2) is 16.5. The minimum Gasteiger partial charge on any atom is -0.316 e. The Labute approximate surface area is 454 Å². The van der Waals surface area contributed by atoms with Gasteiger partial charge in [0.15, 0.2) is 0 Å². The summed E-state index contributed by atoms with van der Waals surface area (Å²) in [4.78, 5) is 4.33. The number of aromatic nitrogens is 2. The van der Waals surface area contributed by atoms with Gasteiger partial charge in [0, 0.05) is 63.6 Å². The molecule has 15 rings (SSSR count). The van der Waals surface area contributed by atoms with Gasteiger partial charge in [0.25, 0.3) is 0 Å². The lowest BCUT2D eigenvalue weighted by atomic mass is 9.88. The molecule has 4 heterocycles. The molecule has 0 radical (unpaired) electrons. The van der Waals surface area contributed by atoms with Gasteiger partial charge in [0.05, 0.1) is 75.5 Å². The van der Waals surface area contributed by atoms with Gasteiger partial charge in [0.1, 0.15) is 6.07 Å². The molecule has 0 N–H and O–H groups in total. The fourth-order valence-corrected chi connectivity index (χ4v) is 13.7. The average Bonchev–Trinajstić information content (AvgIpc) is 1.60. The molecule has 0 unspecified atom stereocenters. The van der Waals surface area contributed by atoms with Crippen molar-refractivity contribution < 1.29 is 20.6 Å². The first-order valence-corrected chi connectivity index (χ1v) is 25.1. The van der Waals surface area contributed by atoms with Crippen molar-refractivity contribution in [2.75, 3.05) is 0 Å². The van der Waals surface area contributed by atoms with Gasteiger partial charge in [-0.3, -0.25) is 0 Å².